The Morgan fingerprint density at radius 1 is 0.875 bits per heavy atom. The van der Waals surface area contributed by atoms with Crippen LogP contribution in [0.4, 0.5) is 11.5 Å². The van der Waals surface area contributed by atoms with Crippen molar-refractivity contribution in [1.29, 1.82) is 0 Å². The molecular weight excluding hydrogens is 424 g/mol. The molecule has 164 valence electrons. The molecule has 0 amide bonds. The van der Waals surface area contributed by atoms with Gasteiger partial charge in [-0.2, -0.15) is 0 Å². The largest absolute Gasteiger partial charge is 0.395 e. The van der Waals surface area contributed by atoms with Gasteiger partial charge in [-0.3, -0.25) is 0 Å². The van der Waals surface area contributed by atoms with Crippen molar-refractivity contribution in [2.24, 2.45) is 0 Å². The van der Waals surface area contributed by atoms with Gasteiger partial charge in [0.2, 0.25) is 10.0 Å². The quantitative estimate of drug-likeness (QED) is 0.396. The van der Waals surface area contributed by atoms with E-state index >= 15 is 0 Å². The summed E-state index contributed by atoms with van der Waals surface area (Å²) < 4.78 is 27.8. The predicted molar refractivity (Wildman–Crippen MR) is 126 cm³/mol. The van der Waals surface area contributed by atoms with Crippen LogP contribution in [-0.2, 0) is 10.0 Å². The molecule has 0 atom stereocenters. The number of para-hydroxylation sites is 1. The standard InChI is InChI=1S/C24H24N4O3S/c1-16-7-3-6-10-21(16)26-24-20-9-5-4-8-19(20)23(27-28-24)18-12-11-17(2)22(15-18)32(30,31)25-13-14-29/h3-12,15,25,29H,13-14H2,1-2H3,(H,26,28). The number of aromatic nitrogens is 2. The maximum absolute atomic E-state index is 12.7. The van der Waals surface area contributed by atoms with E-state index in [2.05, 4.69) is 20.2 Å². The molecule has 0 aliphatic heterocycles. The lowest BCUT2D eigenvalue weighted by atomic mass is 10.0. The fraction of sp³-hybridized carbons (Fsp3) is 0.167. The van der Waals surface area contributed by atoms with Crippen LogP contribution in [0.25, 0.3) is 22.0 Å². The van der Waals surface area contributed by atoms with Gasteiger partial charge in [0.05, 0.1) is 11.5 Å². The van der Waals surface area contributed by atoms with Gasteiger partial charge in [-0.15, -0.1) is 10.2 Å². The van der Waals surface area contributed by atoms with Crippen LogP contribution < -0.4 is 10.0 Å². The van der Waals surface area contributed by atoms with Gasteiger partial charge in [-0.05, 0) is 37.1 Å². The zero-order valence-electron chi connectivity index (χ0n) is 17.8. The summed E-state index contributed by atoms with van der Waals surface area (Å²) in [6.07, 6.45) is 0. The van der Waals surface area contributed by atoms with Crippen LogP contribution in [0.1, 0.15) is 11.1 Å². The summed E-state index contributed by atoms with van der Waals surface area (Å²) in [5.41, 5.74) is 3.87. The van der Waals surface area contributed by atoms with Gasteiger partial charge in [-0.1, -0.05) is 54.6 Å². The van der Waals surface area contributed by atoms with Gasteiger partial charge in [0, 0.05) is 28.6 Å². The summed E-state index contributed by atoms with van der Waals surface area (Å²) in [6.45, 7) is 3.43. The molecule has 1 aromatic heterocycles. The number of sulfonamides is 1. The van der Waals surface area contributed by atoms with Gasteiger partial charge in [-0.25, -0.2) is 13.1 Å². The Bertz CT molecular complexity index is 1390. The van der Waals surface area contributed by atoms with Gasteiger partial charge in [0.1, 0.15) is 5.69 Å². The molecule has 0 saturated carbocycles. The van der Waals surface area contributed by atoms with E-state index in [1.807, 2.05) is 61.5 Å². The van der Waals surface area contributed by atoms with Gasteiger partial charge in [0.25, 0.3) is 0 Å². The molecular formula is C24H24N4O3S. The normalized spacial score (nSPS) is 11.6. The maximum atomic E-state index is 12.7. The van der Waals surface area contributed by atoms with E-state index in [-0.39, 0.29) is 18.0 Å². The number of benzene rings is 3. The zero-order valence-corrected chi connectivity index (χ0v) is 18.6. The number of hydrogen-bond acceptors (Lipinski definition) is 6. The summed E-state index contributed by atoms with van der Waals surface area (Å²) in [7, 11) is -3.76. The second-order valence-corrected chi connectivity index (χ2v) is 9.22. The van der Waals surface area contributed by atoms with Crippen LogP contribution in [0.2, 0.25) is 0 Å². The van der Waals surface area contributed by atoms with Crippen LogP contribution in [0.5, 0.6) is 0 Å². The van der Waals surface area contributed by atoms with E-state index in [0.717, 1.165) is 22.0 Å². The molecule has 8 heteroatoms. The number of aliphatic hydroxyl groups is 1. The Labute approximate surface area is 187 Å². The third-order valence-electron chi connectivity index (χ3n) is 5.24. The molecule has 0 radical (unpaired) electrons. The first-order valence-electron chi connectivity index (χ1n) is 10.2. The van der Waals surface area contributed by atoms with E-state index < -0.39 is 10.0 Å². The average molecular weight is 449 g/mol. The number of rotatable bonds is 7. The Morgan fingerprint density at radius 2 is 1.59 bits per heavy atom. The number of nitrogens with one attached hydrogen (secondary N) is 2. The first-order valence-corrected chi connectivity index (χ1v) is 11.7. The third kappa shape index (κ3) is 4.34. The third-order valence-corrected chi connectivity index (χ3v) is 6.84. The second kappa shape index (κ2) is 9.04. The zero-order chi connectivity index (χ0) is 22.7. The lowest BCUT2D eigenvalue weighted by molar-refractivity contribution is 0.301. The Balaban J connectivity index is 1.81. The molecule has 0 aliphatic rings. The van der Waals surface area contributed by atoms with Crippen LogP contribution in [-0.4, -0.2) is 36.9 Å². The molecule has 0 fully saturated rings. The molecule has 3 aromatic carbocycles. The van der Waals surface area contributed by atoms with Gasteiger partial charge in [0.15, 0.2) is 5.82 Å². The van der Waals surface area contributed by atoms with Crippen molar-refractivity contribution in [3.63, 3.8) is 0 Å². The van der Waals surface area contributed by atoms with E-state index in [1.165, 1.54) is 0 Å². The SMILES string of the molecule is Cc1ccccc1Nc1nnc(-c2ccc(C)c(S(=O)(=O)NCCO)c2)c2ccccc12. The van der Waals surface area contributed by atoms with Crippen LogP contribution in [0, 0.1) is 13.8 Å². The van der Waals surface area contributed by atoms with Crippen LogP contribution in [0.15, 0.2) is 71.6 Å². The fourth-order valence-corrected chi connectivity index (χ4v) is 4.83. The predicted octanol–water partition coefficient (Wildman–Crippen LogP) is 3.93. The Morgan fingerprint density at radius 3 is 2.34 bits per heavy atom. The van der Waals surface area contributed by atoms with E-state index in [0.29, 0.717) is 22.6 Å². The molecule has 1 heterocycles. The maximum Gasteiger partial charge on any atom is 0.240 e. The number of nitrogens with zero attached hydrogens (tertiary/aromatic N) is 2. The minimum atomic E-state index is -3.76. The molecule has 32 heavy (non-hydrogen) atoms. The fourth-order valence-electron chi connectivity index (χ4n) is 3.54. The second-order valence-electron chi connectivity index (χ2n) is 7.48. The molecule has 0 saturated heterocycles. The minimum Gasteiger partial charge on any atom is -0.395 e. The van der Waals surface area contributed by atoms with Crippen molar-refractivity contribution < 1.29 is 13.5 Å². The van der Waals surface area contributed by atoms with Crippen molar-refractivity contribution in [3.8, 4) is 11.3 Å². The van der Waals surface area contributed by atoms with E-state index in [9.17, 15) is 8.42 Å². The summed E-state index contributed by atoms with van der Waals surface area (Å²) in [4.78, 5) is 0.149. The lowest BCUT2D eigenvalue weighted by Gasteiger charge is -2.14. The minimum absolute atomic E-state index is 0.0476. The first kappa shape index (κ1) is 21.9. The summed E-state index contributed by atoms with van der Waals surface area (Å²) in [5, 5.41) is 23.0. The van der Waals surface area contributed by atoms with Crippen molar-refractivity contribution in [2.75, 3.05) is 18.5 Å². The molecule has 4 rings (SSSR count). The number of aryl methyl sites for hydroxylation is 2. The van der Waals surface area contributed by atoms with Crippen LogP contribution in [0.3, 0.4) is 0 Å². The van der Waals surface area contributed by atoms with E-state index in [4.69, 9.17) is 5.11 Å². The number of fused-ring (bicyclic) bond motifs is 1. The molecule has 4 aromatic rings. The highest BCUT2D eigenvalue weighted by Crippen LogP contribution is 2.33. The first-order chi connectivity index (χ1) is 15.4. The summed E-state index contributed by atoms with van der Waals surface area (Å²) in [6, 6.07) is 20.9. The highest BCUT2D eigenvalue weighted by Gasteiger charge is 2.19. The van der Waals surface area contributed by atoms with Crippen molar-refractivity contribution in [3.05, 3.63) is 77.9 Å². The highest BCUT2D eigenvalue weighted by atomic mass is 32.2. The molecule has 0 unspecified atom stereocenters. The summed E-state index contributed by atoms with van der Waals surface area (Å²) >= 11 is 0. The number of anilines is 2. The molecule has 0 aliphatic carbocycles. The smallest absolute Gasteiger partial charge is 0.240 e. The molecule has 3 N–H and O–H groups in total. The van der Waals surface area contributed by atoms with Gasteiger partial charge < -0.3 is 10.4 Å². The summed E-state index contributed by atoms with van der Waals surface area (Å²) in [5.74, 6) is 0.628. The van der Waals surface area contributed by atoms with Crippen LogP contribution >= 0.6 is 0 Å². The monoisotopic (exact) mass is 448 g/mol. The van der Waals surface area contributed by atoms with Crippen molar-refractivity contribution >= 4 is 32.3 Å². The average Bonchev–Trinajstić information content (AvgIpc) is 2.80. The van der Waals surface area contributed by atoms with Crippen molar-refractivity contribution in [2.45, 2.75) is 18.7 Å². The molecule has 0 spiro atoms. The lowest BCUT2D eigenvalue weighted by Crippen LogP contribution is -2.27. The number of hydrogen-bond donors (Lipinski definition) is 3. The number of aliphatic hydroxyl groups excluding tert-OH is 1. The van der Waals surface area contributed by atoms with Gasteiger partial charge >= 0.3 is 0 Å². The van der Waals surface area contributed by atoms with E-state index in [1.54, 1.807) is 19.1 Å². The topological polar surface area (TPSA) is 104 Å². The highest BCUT2D eigenvalue weighted by molar-refractivity contribution is 7.89. The van der Waals surface area contributed by atoms with Crippen molar-refractivity contribution in [1.82, 2.24) is 14.9 Å². The molecule has 0 bridgehead atoms. The Hall–Kier alpha value is -3.33. The molecule has 7 nitrogen and oxygen atoms in total. The Kier molecular flexibility index (Phi) is 6.18.